The van der Waals surface area contributed by atoms with Gasteiger partial charge in [0.15, 0.2) is 0 Å². The number of hydrogen-bond donors (Lipinski definition) is 2. The normalized spacial score (nSPS) is 16.4. The minimum atomic E-state index is -0.357. The van der Waals surface area contributed by atoms with E-state index in [0.29, 0.717) is 35.2 Å². The van der Waals surface area contributed by atoms with E-state index in [1.807, 2.05) is 11.0 Å². The van der Waals surface area contributed by atoms with E-state index in [9.17, 15) is 9.18 Å². The number of nitrogens with one attached hydrogen (secondary N) is 2. The molecule has 6 nitrogen and oxygen atoms in total. The van der Waals surface area contributed by atoms with Crippen molar-refractivity contribution < 1.29 is 9.18 Å². The van der Waals surface area contributed by atoms with Gasteiger partial charge in [-0.2, -0.15) is 5.26 Å². The van der Waals surface area contributed by atoms with Gasteiger partial charge in [0.2, 0.25) is 0 Å². The molecule has 1 aliphatic rings. The third kappa shape index (κ3) is 4.17. The molecular formula is C17H15ClFN5O. The molecule has 2 heterocycles. The lowest BCUT2D eigenvalue weighted by molar-refractivity contribution is 0.249. The third-order valence-electron chi connectivity index (χ3n) is 3.88. The van der Waals surface area contributed by atoms with Crippen LogP contribution < -0.4 is 15.5 Å². The summed E-state index contributed by atoms with van der Waals surface area (Å²) in [7, 11) is 0. The number of halogens is 2. The standard InChI is InChI=1S/C17H15ClFN5O/c18-15-7-11(8-20)9-21-16(15)24-6-5-14(10-24)23-17(25)22-13-3-1-12(19)2-4-13/h1-4,7,9,14H,5-6,10H2,(H2,22,23,25)/t14-/m0/s1. The van der Waals surface area contributed by atoms with Crippen molar-refractivity contribution in [1.29, 1.82) is 5.26 Å². The number of amides is 2. The summed E-state index contributed by atoms with van der Waals surface area (Å²) in [5.74, 6) is 0.244. The smallest absolute Gasteiger partial charge is 0.319 e. The number of carbonyl (C=O) groups excluding carboxylic acids is 1. The fourth-order valence-corrected chi connectivity index (χ4v) is 2.97. The zero-order valence-electron chi connectivity index (χ0n) is 13.2. The second-order valence-corrected chi connectivity index (χ2v) is 6.09. The van der Waals surface area contributed by atoms with E-state index in [4.69, 9.17) is 16.9 Å². The number of carbonyl (C=O) groups is 1. The van der Waals surface area contributed by atoms with Crippen LogP contribution in [0.1, 0.15) is 12.0 Å². The van der Waals surface area contributed by atoms with Gasteiger partial charge in [-0.3, -0.25) is 0 Å². The number of pyridine rings is 1. The minimum Gasteiger partial charge on any atom is -0.353 e. The van der Waals surface area contributed by atoms with Gasteiger partial charge in [-0.1, -0.05) is 11.6 Å². The highest BCUT2D eigenvalue weighted by atomic mass is 35.5. The summed E-state index contributed by atoms with van der Waals surface area (Å²) in [5.41, 5.74) is 0.923. The number of urea groups is 1. The summed E-state index contributed by atoms with van der Waals surface area (Å²) in [6.07, 6.45) is 2.22. The second-order valence-electron chi connectivity index (χ2n) is 5.68. The minimum absolute atomic E-state index is 0.0611. The van der Waals surface area contributed by atoms with Crippen LogP contribution in [0, 0.1) is 17.1 Å². The Bertz CT molecular complexity index is 821. The van der Waals surface area contributed by atoms with E-state index >= 15 is 0 Å². The van der Waals surface area contributed by atoms with E-state index in [-0.39, 0.29) is 17.9 Å². The van der Waals surface area contributed by atoms with Crippen molar-refractivity contribution in [1.82, 2.24) is 10.3 Å². The van der Waals surface area contributed by atoms with Gasteiger partial charge in [0.05, 0.1) is 10.6 Å². The summed E-state index contributed by atoms with van der Waals surface area (Å²) in [6.45, 7) is 1.26. The molecule has 25 heavy (non-hydrogen) atoms. The largest absolute Gasteiger partial charge is 0.353 e. The average Bonchev–Trinajstić information content (AvgIpc) is 3.04. The lowest BCUT2D eigenvalue weighted by Crippen LogP contribution is -2.39. The van der Waals surface area contributed by atoms with Crippen molar-refractivity contribution in [2.75, 3.05) is 23.3 Å². The molecule has 2 amide bonds. The van der Waals surface area contributed by atoms with Crippen molar-refractivity contribution in [3.05, 3.63) is 52.9 Å². The number of rotatable bonds is 3. The first kappa shape index (κ1) is 17.0. The Labute approximate surface area is 149 Å². The molecule has 1 saturated heterocycles. The van der Waals surface area contributed by atoms with E-state index in [0.717, 1.165) is 6.42 Å². The van der Waals surface area contributed by atoms with E-state index in [2.05, 4.69) is 15.6 Å². The molecule has 0 aliphatic carbocycles. The molecule has 1 aromatic heterocycles. The predicted molar refractivity (Wildman–Crippen MR) is 93.1 cm³/mol. The highest BCUT2D eigenvalue weighted by Crippen LogP contribution is 2.27. The SMILES string of the molecule is N#Cc1cnc(N2CC[C@H](NC(=O)Nc3ccc(F)cc3)C2)c(Cl)c1. The number of anilines is 2. The molecule has 3 rings (SSSR count). The molecule has 1 aromatic carbocycles. The second kappa shape index (κ2) is 7.36. The lowest BCUT2D eigenvalue weighted by Gasteiger charge is -2.19. The van der Waals surface area contributed by atoms with Crippen molar-refractivity contribution in [3.8, 4) is 6.07 Å². The van der Waals surface area contributed by atoms with Crippen LogP contribution in [-0.2, 0) is 0 Å². The molecule has 2 N–H and O–H groups in total. The molecule has 1 fully saturated rings. The molecule has 2 aromatic rings. The maximum atomic E-state index is 12.9. The van der Waals surface area contributed by atoms with Gasteiger partial charge >= 0.3 is 6.03 Å². The van der Waals surface area contributed by atoms with Crippen LogP contribution in [0.4, 0.5) is 20.7 Å². The van der Waals surface area contributed by atoms with Crippen LogP contribution >= 0.6 is 11.6 Å². The molecule has 8 heteroatoms. The summed E-state index contributed by atoms with van der Waals surface area (Å²) in [5, 5.41) is 14.8. The Morgan fingerprint density at radius 1 is 1.40 bits per heavy atom. The van der Waals surface area contributed by atoms with Gasteiger partial charge in [-0.25, -0.2) is 14.2 Å². The lowest BCUT2D eigenvalue weighted by atomic mass is 10.2. The fourth-order valence-electron chi connectivity index (χ4n) is 2.68. The van der Waals surface area contributed by atoms with Crippen LogP contribution in [0.15, 0.2) is 36.5 Å². The Morgan fingerprint density at radius 2 is 2.16 bits per heavy atom. The Balaban J connectivity index is 1.57. The van der Waals surface area contributed by atoms with Crippen LogP contribution in [0.5, 0.6) is 0 Å². The molecule has 0 saturated carbocycles. The first-order chi connectivity index (χ1) is 12.0. The Hall–Kier alpha value is -2.85. The first-order valence-corrected chi connectivity index (χ1v) is 8.06. The number of nitrogens with zero attached hydrogens (tertiary/aromatic N) is 3. The van der Waals surface area contributed by atoms with Crippen LogP contribution in [0.2, 0.25) is 5.02 Å². The van der Waals surface area contributed by atoms with Crippen molar-refractivity contribution in [3.63, 3.8) is 0 Å². The van der Waals surface area contributed by atoms with Crippen molar-refractivity contribution in [2.45, 2.75) is 12.5 Å². The van der Waals surface area contributed by atoms with Gasteiger partial charge in [0, 0.05) is 31.0 Å². The summed E-state index contributed by atoms with van der Waals surface area (Å²) in [6, 6.07) is 8.72. The number of nitriles is 1. The zero-order chi connectivity index (χ0) is 17.8. The third-order valence-corrected chi connectivity index (χ3v) is 4.15. The van der Waals surface area contributed by atoms with Crippen molar-refractivity contribution >= 4 is 29.1 Å². The summed E-state index contributed by atoms with van der Waals surface area (Å²) < 4.78 is 12.9. The zero-order valence-corrected chi connectivity index (χ0v) is 13.9. The van der Waals surface area contributed by atoms with Gasteiger partial charge < -0.3 is 15.5 Å². The average molecular weight is 360 g/mol. The van der Waals surface area contributed by atoms with E-state index < -0.39 is 0 Å². The van der Waals surface area contributed by atoms with Crippen molar-refractivity contribution in [2.24, 2.45) is 0 Å². The topological polar surface area (TPSA) is 81.1 Å². The highest BCUT2D eigenvalue weighted by molar-refractivity contribution is 6.33. The molecule has 1 aliphatic heterocycles. The summed E-state index contributed by atoms with van der Waals surface area (Å²) in [4.78, 5) is 18.2. The van der Waals surface area contributed by atoms with E-state index in [1.165, 1.54) is 30.5 Å². The molecule has 0 unspecified atom stereocenters. The molecule has 0 bridgehead atoms. The fraction of sp³-hybridized carbons (Fsp3) is 0.235. The monoisotopic (exact) mass is 359 g/mol. The highest BCUT2D eigenvalue weighted by Gasteiger charge is 2.26. The molecule has 0 radical (unpaired) electrons. The molecule has 128 valence electrons. The molecule has 1 atom stereocenters. The number of hydrogen-bond acceptors (Lipinski definition) is 4. The molecular weight excluding hydrogens is 345 g/mol. The Kier molecular flexibility index (Phi) is 5.00. The van der Waals surface area contributed by atoms with Gasteiger partial charge in [0.25, 0.3) is 0 Å². The quantitative estimate of drug-likeness (QED) is 0.882. The number of benzene rings is 1. The maximum Gasteiger partial charge on any atom is 0.319 e. The van der Waals surface area contributed by atoms with Crippen LogP contribution in [0.25, 0.3) is 0 Å². The van der Waals surface area contributed by atoms with E-state index in [1.54, 1.807) is 6.07 Å². The van der Waals surface area contributed by atoms with Gasteiger partial charge in [0.1, 0.15) is 17.7 Å². The maximum absolute atomic E-state index is 12.9. The van der Waals surface area contributed by atoms with Gasteiger partial charge in [-0.05, 0) is 36.8 Å². The van der Waals surface area contributed by atoms with Crippen LogP contribution in [0.3, 0.4) is 0 Å². The number of aromatic nitrogens is 1. The molecule has 0 spiro atoms. The van der Waals surface area contributed by atoms with Gasteiger partial charge in [-0.15, -0.1) is 0 Å². The van der Waals surface area contributed by atoms with Crippen LogP contribution in [-0.4, -0.2) is 30.1 Å². The predicted octanol–water partition coefficient (Wildman–Crippen LogP) is 3.15. The first-order valence-electron chi connectivity index (χ1n) is 7.69. The summed E-state index contributed by atoms with van der Waals surface area (Å²) >= 11 is 6.18. The Morgan fingerprint density at radius 3 is 2.84 bits per heavy atom.